The van der Waals surface area contributed by atoms with E-state index < -0.39 is 0 Å². The van der Waals surface area contributed by atoms with Gasteiger partial charge in [0.1, 0.15) is 5.75 Å². The van der Waals surface area contributed by atoms with Crippen LogP contribution in [0.25, 0.3) is 11.1 Å². The Hall–Kier alpha value is -1.97. The number of ether oxygens (including phenoxy) is 1. The molecule has 0 aliphatic rings. The van der Waals surface area contributed by atoms with Crippen LogP contribution in [-0.4, -0.2) is 12.3 Å². The SMILES string of the molecule is CCC(C)c1noc(N)c1-c1ccc(OC)cc1. The second-order valence-corrected chi connectivity index (χ2v) is 4.34. The summed E-state index contributed by atoms with van der Waals surface area (Å²) in [4.78, 5) is 0. The molecule has 2 aromatic rings. The van der Waals surface area contributed by atoms with Crippen LogP contribution in [0.1, 0.15) is 31.9 Å². The van der Waals surface area contributed by atoms with E-state index in [2.05, 4.69) is 19.0 Å². The van der Waals surface area contributed by atoms with Crippen LogP contribution < -0.4 is 10.5 Å². The number of aromatic nitrogens is 1. The average Bonchev–Trinajstić information content (AvgIpc) is 2.80. The van der Waals surface area contributed by atoms with E-state index in [1.807, 2.05) is 24.3 Å². The Balaban J connectivity index is 2.45. The van der Waals surface area contributed by atoms with Gasteiger partial charge in [-0.2, -0.15) is 0 Å². The van der Waals surface area contributed by atoms with Gasteiger partial charge in [0.05, 0.1) is 18.4 Å². The van der Waals surface area contributed by atoms with Gasteiger partial charge in [0, 0.05) is 5.92 Å². The van der Waals surface area contributed by atoms with E-state index in [1.165, 1.54) is 0 Å². The van der Waals surface area contributed by atoms with Gasteiger partial charge in [-0.25, -0.2) is 0 Å². The number of methoxy groups -OCH3 is 1. The Bertz CT molecular complexity index is 517. The number of hydrogen-bond acceptors (Lipinski definition) is 4. The van der Waals surface area contributed by atoms with Crippen LogP contribution in [0.3, 0.4) is 0 Å². The Morgan fingerprint density at radius 1 is 1.33 bits per heavy atom. The van der Waals surface area contributed by atoms with Crippen molar-refractivity contribution in [1.29, 1.82) is 0 Å². The molecule has 1 atom stereocenters. The smallest absolute Gasteiger partial charge is 0.230 e. The summed E-state index contributed by atoms with van der Waals surface area (Å²) in [5.41, 5.74) is 8.69. The monoisotopic (exact) mass is 246 g/mol. The molecule has 4 heteroatoms. The Kier molecular flexibility index (Phi) is 3.55. The fraction of sp³-hybridized carbons (Fsp3) is 0.357. The van der Waals surface area contributed by atoms with E-state index in [9.17, 15) is 0 Å². The highest BCUT2D eigenvalue weighted by Crippen LogP contribution is 2.35. The molecule has 18 heavy (non-hydrogen) atoms. The molecule has 4 nitrogen and oxygen atoms in total. The fourth-order valence-electron chi connectivity index (χ4n) is 1.89. The third-order valence-corrected chi connectivity index (χ3v) is 3.20. The highest BCUT2D eigenvalue weighted by Gasteiger charge is 2.19. The van der Waals surface area contributed by atoms with Gasteiger partial charge < -0.3 is 15.0 Å². The van der Waals surface area contributed by atoms with E-state index in [1.54, 1.807) is 7.11 Å². The minimum atomic E-state index is 0.322. The maximum absolute atomic E-state index is 5.88. The van der Waals surface area contributed by atoms with Crippen molar-refractivity contribution >= 4 is 5.88 Å². The predicted octanol–water partition coefficient (Wildman–Crippen LogP) is 3.45. The molecule has 96 valence electrons. The van der Waals surface area contributed by atoms with Gasteiger partial charge in [0.2, 0.25) is 5.88 Å². The summed E-state index contributed by atoms with van der Waals surface area (Å²) in [5, 5.41) is 4.07. The Labute approximate surface area is 107 Å². The quantitative estimate of drug-likeness (QED) is 0.897. The molecule has 1 aromatic heterocycles. The van der Waals surface area contributed by atoms with E-state index in [0.29, 0.717) is 11.8 Å². The van der Waals surface area contributed by atoms with Crippen molar-refractivity contribution in [2.45, 2.75) is 26.2 Å². The van der Waals surface area contributed by atoms with Gasteiger partial charge in [-0.05, 0) is 24.1 Å². The molecule has 0 bridgehead atoms. The van der Waals surface area contributed by atoms with E-state index in [-0.39, 0.29) is 0 Å². The number of benzene rings is 1. The van der Waals surface area contributed by atoms with Crippen LogP contribution in [0, 0.1) is 0 Å². The summed E-state index contributed by atoms with van der Waals surface area (Å²) in [5.74, 6) is 1.51. The van der Waals surface area contributed by atoms with Crippen molar-refractivity contribution in [3.8, 4) is 16.9 Å². The largest absolute Gasteiger partial charge is 0.497 e. The highest BCUT2D eigenvalue weighted by molar-refractivity contribution is 5.75. The number of nitrogens with zero attached hydrogens (tertiary/aromatic N) is 1. The molecule has 0 radical (unpaired) electrons. The van der Waals surface area contributed by atoms with E-state index >= 15 is 0 Å². The number of anilines is 1. The first-order valence-corrected chi connectivity index (χ1v) is 6.06. The van der Waals surface area contributed by atoms with Gasteiger partial charge in [-0.3, -0.25) is 0 Å². The topological polar surface area (TPSA) is 61.3 Å². The summed E-state index contributed by atoms with van der Waals surface area (Å²) in [6.07, 6.45) is 0.995. The maximum Gasteiger partial charge on any atom is 0.230 e. The molecule has 1 heterocycles. The predicted molar refractivity (Wildman–Crippen MR) is 71.6 cm³/mol. The molecule has 0 fully saturated rings. The molecular weight excluding hydrogens is 228 g/mol. The lowest BCUT2D eigenvalue weighted by Gasteiger charge is -2.08. The lowest BCUT2D eigenvalue weighted by molar-refractivity contribution is 0.415. The molecular formula is C14H18N2O2. The van der Waals surface area contributed by atoms with Crippen LogP contribution in [-0.2, 0) is 0 Å². The van der Waals surface area contributed by atoms with Crippen molar-refractivity contribution in [2.24, 2.45) is 0 Å². The highest BCUT2D eigenvalue weighted by atomic mass is 16.5. The summed E-state index contributed by atoms with van der Waals surface area (Å²) in [6.45, 7) is 4.23. The number of rotatable bonds is 4. The van der Waals surface area contributed by atoms with Crippen LogP contribution in [0.2, 0.25) is 0 Å². The Morgan fingerprint density at radius 3 is 2.56 bits per heavy atom. The first kappa shape index (κ1) is 12.5. The molecule has 0 saturated heterocycles. The summed E-state index contributed by atoms with van der Waals surface area (Å²) in [6, 6.07) is 7.74. The first-order valence-electron chi connectivity index (χ1n) is 6.06. The van der Waals surface area contributed by atoms with Gasteiger partial charge in [-0.15, -0.1) is 0 Å². The minimum absolute atomic E-state index is 0.322. The molecule has 2 N–H and O–H groups in total. The first-order chi connectivity index (χ1) is 8.67. The molecule has 0 saturated carbocycles. The summed E-state index contributed by atoms with van der Waals surface area (Å²) < 4.78 is 10.3. The molecule has 1 aromatic carbocycles. The van der Waals surface area contributed by atoms with Crippen molar-refractivity contribution in [3.05, 3.63) is 30.0 Å². The summed E-state index contributed by atoms with van der Waals surface area (Å²) in [7, 11) is 1.65. The molecule has 0 spiro atoms. The van der Waals surface area contributed by atoms with Gasteiger partial charge in [0.15, 0.2) is 0 Å². The normalized spacial score (nSPS) is 12.4. The third kappa shape index (κ3) is 2.18. The van der Waals surface area contributed by atoms with Crippen molar-refractivity contribution in [3.63, 3.8) is 0 Å². The molecule has 0 amide bonds. The lowest BCUT2D eigenvalue weighted by atomic mass is 9.96. The standard InChI is InChI=1S/C14H18N2O2/c1-4-9(2)13-12(14(15)18-16-13)10-5-7-11(17-3)8-6-10/h5-9H,4,15H2,1-3H3. The molecule has 0 aliphatic heterocycles. The van der Waals surface area contributed by atoms with Gasteiger partial charge in [-0.1, -0.05) is 31.1 Å². The minimum Gasteiger partial charge on any atom is -0.497 e. The van der Waals surface area contributed by atoms with Crippen LogP contribution in [0.4, 0.5) is 5.88 Å². The average molecular weight is 246 g/mol. The van der Waals surface area contributed by atoms with Crippen molar-refractivity contribution < 1.29 is 9.26 Å². The van der Waals surface area contributed by atoms with E-state index in [0.717, 1.165) is 29.0 Å². The molecule has 2 rings (SSSR count). The van der Waals surface area contributed by atoms with Gasteiger partial charge >= 0.3 is 0 Å². The van der Waals surface area contributed by atoms with Crippen LogP contribution in [0.5, 0.6) is 5.75 Å². The fourth-order valence-corrected chi connectivity index (χ4v) is 1.89. The zero-order valence-electron chi connectivity index (χ0n) is 10.9. The Morgan fingerprint density at radius 2 is 2.00 bits per heavy atom. The van der Waals surface area contributed by atoms with Crippen LogP contribution in [0.15, 0.2) is 28.8 Å². The number of hydrogen-bond donors (Lipinski definition) is 1. The lowest BCUT2D eigenvalue weighted by Crippen LogP contribution is -1.95. The molecule has 0 aliphatic carbocycles. The number of nitrogens with two attached hydrogens (primary N) is 1. The van der Waals surface area contributed by atoms with Crippen molar-refractivity contribution in [2.75, 3.05) is 12.8 Å². The zero-order chi connectivity index (χ0) is 13.1. The van der Waals surface area contributed by atoms with Crippen LogP contribution >= 0.6 is 0 Å². The second kappa shape index (κ2) is 5.12. The van der Waals surface area contributed by atoms with E-state index in [4.69, 9.17) is 15.0 Å². The molecule has 1 unspecified atom stereocenters. The zero-order valence-corrected chi connectivity index (χ0v) is 10.9. The van der Waals surface area contributed by atoms with Gasteiger partial charge in [0.25, 0.3) is 0 Å². The second-order valence-electron chi connectivity index (χ2n) is 4.34. The summed E-state index contributed by atoms with van der Waals surface area (Å²) >= 11 is 0. The maximum atomic E-state index is 5.88. The van der Waals surface area contributed by atoms with Crippen molar-refractivity contribution in [1.82, 2.24) is 5.16 Å². The third-order valence-electron chi connectivity index (χ3n) is 3.20. The number of nitrogen functional groups attached to an aromatic ring is 1.